The number of rotatable bonds is 8. The molecule has 272 valence electrons. The summed E-state index contributed by atoms with van der Waals surface area (Å²) in [5.41, 5.74) is -0.163. The van der Waals surface area contributed by atoms with Gasteiger partial charge in [0, 0.05) is 44.0 Å². The summed E-state index contributed by atoms with van der Waals surface area (Å²) in [5.74, 6) is -1.17. The fourth-order valence-corrected chi connectivity index (χ4v) is 8.33. The summed E-state index contributed by atoms with van der Waals surface area (Å²) in [6, 6.07) is 5.76. The summed E-state index contributed by atoms with van der Waals surface area (Å²) < 4.78 is 26.9. The van der Waals surface area contributed by atoms with Gasteiger partial charge in [0.15, 0.2) is 34.6 Å². The Hall–Kier alpha value is -5.86. The second-order valence-electron chi connectivity index (χ2n) is 13.6. The number of hydrogen-bond acceptors (Lipinski definition) is 11. The van der Waals surface area contributed by atoms with Crippen LogP contribution in [-0.4, -0.2) is 68.6 Å². The number of phenolic OH excluding ortho intramolecular Hbond substituents is 1. The van der Waals surface area contributed by atoms with Crippen LogP contribution in [-0.2, 0) is 36.1 Å². The molecule has 3 aliphatic rings. The Kier molecular flexibility index (Phi) is 8.26. The highest BCUT2D eigenvalue weighted by Crippen LogP contribution is 2.60. The van der Waals surface area contributed by atoms with Crippen LogP contribution in [0.5, 0.6) is 28.7 Å². The van der Waals surface area contributed by atoms with E-state index < -0.39 is 34.7 Å². The van der Waals surface area contributed by atoms with E-state index in [0.717, 1.165) is 4.57 Å². The van der Waals surface area contributed by atoms with Crippen molar-refractivity contribution in [2.75, 3.05) is 28.4 Å². The average molecular weight is 714 g/mol. The van der Waals surface area contributed by atoms with Gasteiger partial charge in [0.05, 0.1) is 57.5 Å². The lowest BCUT2D eigenvalue weighted by molar-refractivity contribution is -0.139. The fourth-order valence-electron chi connectivity index (χ4n) is 8.33. The zero-order valence-corrected chi connectivity index (χ0v) is 29.9. The summed E-state index contributed by atoms with van der Waals surface area (Å²) in [6.45, 7) is 3.24. The van der Waals surface area contributed by atoms with Gasteiger partial charge in [-0.15, -0.1) is 0 Å². The molecule has 1 N–H and O–H groups in total. The van der Waals surface area contributed by atoms with E-state index in [9.17, 15) is 29.1 Å². The molecule has 3 heterocycles. The lowest BCUT2D eigenvalue weighted by atomic mass is 9.51. The summed E-state index contributed by atoms with van der Waals surface area (Å²) >= 11 is 0. The third-order valence-corrected chi connectivity index (χ3v) is 11.1. The number of Topliss-reactive ketones (excluding diaryl/α,β-unsaturated/α-hetero) is 1. The Morgan fingerprint density at radius 2 is 1.54 bits per heavy atom. The second-order valence-corrected chi connectivity index (χ2v) is 13.6. The number of ether oxygens (including phenoxy) is 4. The predicted octanol–water partition coefficient (Wildman–Crippen LogP) is 2.43. The Labute approximate surface area is 296 Å². The van der Waals surface area contributed by atoms with E-state index in [1.54, 1.807) is 45.2 Å². The van der Waals surface area contributed by atoms with Crippen LogP contribution in [0.4, 0.5) is 0 Å². The normalized spacial score (nSPS) is 22.2. The number of phenols is 1. The SMILES string of the molecule is COc1cc2nc(CCn3c(=O)n4n(c3=O)[C@@H]3C[C@H]5C(=O)C(C)=CC(=O)[C@@]5(C)[C@@H](c5cc(OC)c(O)c(OC)c5)C3=CC4)c(=O)n(C)c2cc1OC. The highest BCUT2D eigenvalue weighted by molar-refractivity contribution is 6.13. The molecule has 1 aliphatic heterocycles. The summed E-state index contributed by atoms with van der Waals surface area (Å²) in [4.78, 5) is 74.0. The number of aromatic hydroxyl groups is 1. The number of methoxy groups -OCH3 is 4. The Morgan fingerprint density at radius 3 is 2.17 bits per heavy atom. The maximum Gasteiger partial charge on any atom is 0.347 e. The van der Waals surface area contributed by atoms with Crippen LogP contribution in [0.2, 0.25) is 0 Å². The van der Waals surface area contributed by atoms with Gasteiger partial charge in [-0.3, -0.25) is 14.4 Å². The van der Waals surface area contributed by atoms with Crippen LogP contribution in [0, 0.1) is 11.3 Å². The minimum Gasteiger partial charge on any atom is -0.502 e. The number of fused-ring (bicyclic) bond motifs is 5. The van der Waals surface area contributed by atoms with Gasteiger partial charge < -0.3 is 28.6 Å². The van der Waals surface area contributed by atoms with Crippen molar-refractivity contribution < 1.29 is 33.6 Å². The lowest BCUT2D eigenvalue weighted by Crippen LogP contribution is -2.54. The van der Waals surface area contributed by atoms with E-state index in [1.807, 2.05) is 6.08 Å². The van der Waals surface area contributed by atoms with Crippen molar-refractivity contribution >= 4 is 22.6 Å². The first-order chi connectivity index (χ1) is 24.8. The maximum absolute atomic E-state index is 14.3. The van der Waals surface area contributed by atoms with Gasteiger partial charge in [-0.05, 0) is 48.3 Å². The van der Waals surface area contributed by atoms with Crippen molar-refractivity contribution in [2.45, 2.75) is 51.7 Å². The number of nitrogens with zero attached hydrogens (tertiary/aromatic N) is 5. The first-order valence-corrected chi connectivity index (χ1v) is 16.8. The summed E-state index contributed by atoms with van der Waals surface area (Å²) in [6.07, 6.45) is 3.29. The van der Waals surface area contributed by atoms with Crippen molar-refractivity contribution in [1.29, 1.82) is 0 Å². The van der Waals surface area contributed by atoms with Gasteiger partial charge in [-0.2, -0.15) is 0 Å². The molecule has 2 aliphatic carbocycles. The number of benzene rings is 2. The number of carbonyl (C=O) groups excluding carboxylic acids is 2. The van der Waals surface area contributed by atoms with Crippen LogP contribution < -0.4 is 35.9 Å². The molecule has 15 nitrogen and oxygen atoms in total. The van der Waals surface area contributed by atoms with Crippen LogP contribution in [0.1, 0.15) is 43.5 Å². The summed E-state index contributed by atoms with van der Waals surface area (Å²) in [5, 5.41) is 10.7. The number of aryl methyl sites for hydroxylation is 2. The molecule has 7 rings (SSSR count). The molecular weight excluding hydrogens is 674 g/mol. The average Bonchev–Trinajstić information content (AvgIpc) is 3.38. The Bertz CT molecular complexity index is 2420. The van der Waals surface area contributed by atoms with Crippen molar-refractivity contribution in [3.8, 4) is 28.7 Å². The zero-order chi connectivity index (χ0) is 37.4. The van der Waals surface area contributed by atoms with E-state index in [4.69, 9.17) is 18.9 Å². The number of aromatic nitrogens is 5. The molecule has 1 saturated carbocycles. The third kappa shape index (κ3) is 4.85. The Morgan fingerprint density at radius 1 is 0.904 bits per heavy atom. The molecule has 4 aromatic rings. The smallest absolute Gasteiger partial charge is 0.347 e. The molecule has 0 bridgehead atoms. The molecule has 0 radical (unpaired) electrons. The van der Waals surface area contributed by atoms with Crippen LogP contribution in [0.25, 0.3) is 11.0 Å². The fraction of sp³-hybridized carbons (Fsp3) is 0.405. The van der Waals surface area contributed by atoms with Crippen LogP contribution >= 0.6 is 0 Å². The van der Waals surface area contributed by atoms with Gasteiger partial charge in [-0.25, -0.2) is 28.5 Å². The Balaban J connectivity index is 1.32. The first-order valence-electron chi connectivity index (χ1n) is 16.8. The standard InChI is InChI=1S/C37H39N5O10/c1-18-12-30(43)37(2)21(32(18)44)15-24-20(31(37)19-13-28(51-6)33(45)29(14-19)52-7)8-11-41-35(47)40(36(48)42(24)41)10-9-22-34(46)39(3)25-17-27(50-5)26(49-4)16-23(25)38-22/h8,12-14,16-17,21,24,31,45H,9-11,15H2,1-7H3/t21-,24+,31-,37-/m0/s1. The van der Waals surface area contributed by atoms with Crippen molar-refractivity contribution in [3.05, 3.63) is 90.1 Å². The van der Waals surface area contributed by atoms with E-state index in [-0.39, 0.29) is 66.0 Å². The van der Waals surface area contributed by atoms with Crippen LogP contribution in [0.15, 0.2) is 61.9 Å². The minimum atomic E-state index is -1.25. The highest BCUT2D eigenvalue weighted by atomic mass is 16.5. The van der Waals surface area contributed by atoms with E-state index in [2.05, 4.69) is 4.98 Å². The van der Waals surface area contributed by atoms with E-state index >= 15 is 0 Å². The van der Waals surface area contributed by atoms with Gasteiger partial charge >= 0.3 is 11.4 Å². The van der Waals surface area contributed by atoms with Gasteiger partial charge in [0.25, 0.3) is 5.56 Å². The number of carbonyl (C=O) groups is 2. The summed E-state index contributed by atoms with van der Waals surface area (Å²) in [7, 11) is 7.38. The molecular formula is C37H39N5O10. The van der Waals surface area contributed by atoms with Gasteiger partial charge in [0.1, 0.15) is 5.69 Å². The topological polar surface area (TPSA) is 175 Å². The molecule has 0 unspecified atom stereocenters. The molecule has 52 heavy (non-hydrogen) atoms. The zero-order valence-electron chi connectivity index (χ0n) is 29.9. The molecule has 1 fully saturated rings. The molecule has 0 amide bonds. The number of allylic oxidation sites excluding steroid dienone is 4. The first kappa shape index (κ1) is 34.6. The van der Waals surface area contributed by atoms with Crippen LogP contribution in [0.3, 0.4) is 0 Å². The number of hydrogen-bond donors (Lipinski definition) is 1. The predicted molar refractivity (Wildman–Crippen MR) is 188 cm³/mol. The lowest BCUT2D eigenvalue weighted by Gasteiger charge is -2.52. The monoisotopic (exact) mass is 713 g/mol. The molecule has 15 heteroatoms. The maximum atomic E-state index is 14.3. The highest BCUT2D eigenvalue weighted by Gasteiger charge is 2.59. The minimum absolute atomic E-state index is 0.0190. The van der Waals surface area contributed by atoms with Crippen molar-refractivity contribution in [1.82, 2.24) is 23.5 Å². The quantitative estimate of drug-likeness (QED) is 0.266. The van der Waals surface area contributed by atoms with E-state index in [0.29, 0.717) is 39.2 Å². The molecule has 0 saturated heterocycles. The van der Waals surface area contributed by atoms with Gasteiger partial charge in [-0.1, -0.05) is 13.0 Å². The second kappa shape index (κ2) is 12.4. The van der Waals surface area contributed by atoms with Crippen molar-refractivity contribution in [3.63, 3.8) is 0 Å². The molecule has 0 spiro atoms. The van der Waals surface area contributed by atoms with Gasteiger partial charge in [0.2, 0.25) is 5.75 Å². The number of ketones is 2. The molecule has 2 aromatic carbocycles. The van der Waals surface area contributed by atoms with Crippen molar-refractivity contribution in [2.24, 2.45) is 18.4 Å². The third-order valence-electron chi connectivity index (χ3n) is 11.1. The molecule has 2 aromatic heterocycles. The van der Waals surface area contributed by atoms with E-state index in [1.165, 1.54) is 48.4 Å². The largest absolute Gasteiger partial charge is 0.502 e. The molecule has 4 atom stereocenters.